The van der Waals surface area contributed by atoms with Gasteiger partial charge in [-0.2, -0.15) is 5.10 Å². The number of fused-ring (bicyclic) bond motifs is 1. The zero-order chi connectivity index (χ0) is 17.1. The molecule has 0 bridgehead atoms. The number of aromatic amines is 1. The van der Waals surface area contributed by atoms with E-state index in [4.69, 9.17) is 0 Å². The van der Waals surface area contributed by atoms with Crippen LogP contribution in [0.1, 0.15) is 78.6 Å². The molecule has 0 aromatic carbocycles. The van der Waals surface area contributed by atoms with Crippen LogP contribution in [0.2, 0.25) is 0 Å². The van der Waals surface area contributed by atoms with Crippen LogP contribution in [0.25, 0.3) is 0 Å². The molecule has 0 atom stereocenters. The lowest BCUT2D eigenvalue weighted by molar-refractivity contribution is 0.0721. The van der Waals surface area contributed by atoms with E-state index in [-0.39, 0.29) is 5.91 Å². The molecule has 1 amide bonds. The van der Waals surface area contributed by atoms with Gasteiger partial charge in [-0.05, 0) is 24.9 Å². The second-order valence-electron chi connectivity index (χ2n) is 6.52. The molecule has 0 saturated carbocycles. The molecule has 7 heteroatoms. The van der Waals surface area contributed by atoms with Crippen molar-refractivity contribution in [1.29, 1.82) is 0 Å². The maximum atomic E-state index is 12.7. The lowest BCUT2D eigenvalue weighted by atomic mass is 9.90. The summed E-state index contributed by atoms with van der Waals surface area (Å²) < 4.78 is 4.67. The summed E-state index contributed by atoms with van der Waals surface area (Å²) in [5.41, 5.74) is 4.34. The molecule has 24 heavy (non-hydrogen) atoms. The summed E-state index contributed by atoms with van der Waals surface area (Å²) >= 11 is 0. The molecular formula is C17H25N5O2. The van der Waals surface area contributed by atoms with Crippen molar-refractivity contribution in [3.8, 4) is 0 Å². The molecule has 0 spiro atoms. The molecule has 1 aliphatic heterocycles. The van der Waals surface area contributed by atoms with E-state index in [0.29, 0.717) is 30.4 Å². The van der Waals surface area contributed by atoms with E-state index in [9.17, 15) is 4.79 Å². The molecular weight excluding hydrogens is 306 g/mol. The predicted molar refractivity (Wildman–Crippen MR) is 88.6 cm³/mol. The van der Waals surface area contributed by atoms with E-state index in [2.05, 4.69) is 39.0 Å². The number of H-pyrrole nitrogens is 1. The van der Waals surface area contributed by atoms with Gasteiger partial charge in [-0.25, -0.2) is 4.63 Å². The van der Waals surface area contributed by atoms with Gasteiger partial charge in [-0.1, -0.05) is 31.8 Å². The quantitative estimate of drug-likeness (QED) is 0.879. The Labute approximate surface area is 141 Å². The van der Waals surface area contributed by atoms with E-state index >= 15 is 0 Å². The van der Waals surface area contributed by atoms with Crippen LogP contribution in [-0.2, 0) is 13.0 Å². The first-order valence-corrected chi connectivity index (χ1v) is 8.80. The van der Waals surface area contributed by atoms with Crippen molar-refractivity contribution in [3.05, 3.63) is 28.3 Å². The van der Waals surface area contributed by atoms with Gasteiger partial charge in [0.25, 0.3) is 5.91 Å². The van der Waals surface area contributed by atoms with Gasteiger partial charge < -0.3 is 4.90 Å². The lowest BCUT2D eigenvalue weighted by Crippen LogP contribution is -2.36. The van der Waals surface area contributed by atoms with Crippen LogP contribution in [0, 0.1) is 6.92 Å². The minimum absolute atomic E-state index is 0.117. The maximum absolute atomic E-state index is 12.7. The minimum Gasteiger partial charge on any atom is -0.332 e. The van der Waals surface area contributed by atoms with Crippen molar-refractivity contribution in [3.63, 3.8) is 0 Å². The molecule has 0 saturated heterocycles. The third-order valence-electron chi connectivity index (χ3n) is 4.77. The van der Waals surface area contributed by atoms with Crippen LogP contribution < -0.4 is 0 Å². The molecule has 1 N–H and O–H groups in total. The van der Waals surface area contributed by atoms with E-state index in [1.807, 2.05) is 4.90 Å². The highest BCUT2D eigenvalue weighted by molar-refractivity contribution is 5.93. The number of carbonyl (C=O) groups excluding carboxylic acids is 1. The topological polar surface area (TPSA) is 87.9 Å². The van der Waals surface area contributed by atoms with Crippen molar-refractivity contribution >= 4 is 5.91 Å². The fourth-order valence-electron chi connectivity index (χ4n) is 3.52. The zero-order valence-corrected chi connectivity index (χ0v) is 14.6. The fourth-order valence-corrected chi connectivity index (χ4v) is 3.52. The molecule has 1 aliphatic rings. The third-order valence-corrected chi connectivity index (χ3v) is 4.77. The summed E-state index contributed by atoms with van der Waals surface area (Å²) in [6.45, 7) is 7.39. The molecule has 0 aliphatic carbocycles. The number of nitrogens with one attached hydrogen (secondary N) is 1. The molecule has 3 rings (SSSR count). The van der Waals surface area contributed by atoms with Crippen LogP contribution in [0.3, 0.4) is 0 Å². The highest BCUT2D eigenvalue weighted by Gasteiger charge is 2.30. The van der Waals surface area contributed by atoms with Crippen LogP contribution in [0.4, 0.5) is 0 Å². The summed E-state index contributed by atoms with van der Waals surface area (Å²) in [6, 6.07) is 0. The van der Waals surface area contributed by atoms with E-state index < -0.39 is 0 Å². The molecule has 7 nitrogen and oxygen atoms in total. The third kappa shape index (κ3) is 3.07. The summed E-state index contributed by atoms with van der Waals surface area (Å²) in [7, 11) is 0. The average Bonchev–Trinajstić information content (AvgIpc) is 3.19. The molecule has 3 heterocycles. The summed E-state index contributed by atoms with van der Waals surface area (Å²) in [5.74, 6) is 0.347. The Kier molecular flexibility index (Phi) is 4.97. The first-order chi connectivity index (χ1) is 11.7. The maximum Gasteiger partial charge on any atom is 0.278 e. The summed E-state index contributed by atoms with van der Waals surface area (Å²) in [6.07, 6.45) is 5.33. The number of hydrogen-bond donors (Lipinski definition) is 1. The largest absolute Gasteiger partial charge is 0.332 e. The Hall–Kier alpha value is -2.18. The summed E-state index contributed by atoms with van der Waals surface area (Å²) in [4.78, 5) is 14.5. The highest BCUT2D eigenvalue weighted by atomic mass is 16.6. The Morgan fingerprint density at radius 2 is 2.04 bits per heavy atom. The number of aromatic nitrogens is 4. The van der Waals surface area contributed by atoms with E-state index in [1.54, 1.807) is 6.92 Å². The van der Waals surface area contributed by atoms with Crippen LogP contribution in [-0.4, -0.2) is 37.9 Å². The van der Waals surface area contributed by atoms with Crippen molar-refractivity contribution in [2.75, 3.05) is 6.54 Å². The molecule has 0 radical (unpaired) electrons. The van der Waals surface area contributed by atoms with Crippen molar-refractivity contribution in [2.45, 2.75) is 65.3 Å². The van der Waals surface area contributed by atoms with Gasteiger partial charge >= 0.3 is 0 Å². The Morgan fingerprint density at radius 1 is 1.29 bits per heavy atom. The second-order valence-corrected chi connectivity index (χ2v) is 6.52. The number of aryl methyl sites for hydroxylation is 1. The first kappa shape index (κ1) is 16.7. The van der Waals surface area contributed by atoms with Gasteiger partial charge in [0.2, 0.25) is 0 Å². The number of nitrogens with zero attached hydrogens (tertiary/aromatic N) is 4. The van der Waals surface area contributed by atoms with Gasteiger partial charge in [-0.15, -0.1) is 0 Å². The molecule has 2 aromatic heterocycles. The number of hydrogen-bond acceptors (Lipinski definition) is 5. The molecule has 130 valence electrons. The minimum atomic E-state index is -0.117. The van der Waals surface area contributed by atoms with Gasteiger partial charge in [0.1, 0.15) is 5.69 Å². The van der Waals surface area contributed by atoms with Crippen LogP contribution >= 0.6 is 0 Å². The van der Waals surface area contributed by atoms with Crippen molar-refractivity contribution in [1.82, 2.24) is 25.4 Å². The highest BCUT2D eigenvalue weighted by Crippen LogP contribution is 2.32. The predicted octanol–water partition coefficient (Wildman–Crippen LogP) is 2.98. The van der Waals surface area contributed by atoms with E-state index in [1.165, 1.54) is 11.3 Å². The number of carbonyl (C=O) groups is 1. The van der Waals surface area contributed by atoms with Crippen molar-refractivity contribution < 1.29 is 9.42 Å². The summed E-state index contributed by atoms with van der Waals surface area (Å²) in [5, 5.41) is 15.3. The molecule has 2 aromatic rings. The van der Waals surface area contributed by atoms with Gasteiger partial charge in [0, 0.05) is 36.7 Å². The monoisotopic (exact) mass is 331 g/mol. The standard InChI is InChI=1S/C17H25N5O2/c1-4-6-12(7-5-2)16-13-10-22(9-8-14(13)18-19-16)17(23)15-11(3)20-24-21-15/h12H,4-10H2,1-3H3,(H,18,19). The average molecular weight is 331 g/mol. The van der Waals surface area contributed by atoms with Gasteiger partial charge in [0.05, 0.1) is 5.69 Å². The fraction of sp³-hybridized carbons (Fsp3) is 0.647. The SMILES string of the molecule is CCCC(CCC)c1n[nH]c2c1CN(C(=O)c1nonc1C)CC2. The smallest absolute Gasteiger partial charge is 0.278 e. The second kappa shape index (κ2) is 7.15. The lowest BCUT2D eigenvalue weighted by Gasteiger charge is -2.27. The Morgan fingerprint density at radius 3 is 2.67 bits per heavy atom. The first-order valence-electron chi connectivity index (χ1n) is 8.80. The number of amides is 1. The van der Waals surface area contributed by atoms with Gasteiger partial charge in [-0.3, -0.25) is 9.89 Å². The molecule has 0 fully saturated rings. The van der Waals surface area contributed by atoms with Crippen molar-refractivity contribution in [2.24, 2.45) is 0 Å². The zero-order valence-electron chi connectivity index (χ0n) is 14.6. The van der Waals surface area contributed by atoms with E-state index in [0.717, 1.165) is 37.8 Å². The number of rotatable bonds is 6. The normalized spacial score (nSPS) is 14.2. The van der Waals surface area contributed by atoms with Crippen LogP contribution in [0.5, 0.6) is 0 Å². The molecule has 0 unspecified atom stereocenters. The Bertz CT molecular complexity index is 700. The van der Waals surface area contributed by atoms with Gasteiger partial charge in [0.15, 0.2) is 5.69 Å². The Balaban J connectivity index is 1.83. The van der Waals surface area contributed by atoms with Crippen LogP contribution in [0.15, 0.2) is 4.63 Å².